The first-order valence-corrected chi connectivity index (χ1v) is 7.57. The summed E-state index contributed by atoms with van der Waals surface area (Å²) in [5, 5.41) is 17.5. The quantitative estimate of drug-likeness (QED) is 0.745. The number of hydrogen-bond acceptors (Lipinski definition) is 8. The Morgan fingerprint density at radius 1 is 1.28 bits per heavy atom. The molecule has 0 atom stereocenters. The van der Waals surface area contributed by atoms with Gasteiger partial charge in [-0.2, -0.15) is 9.67 Å². The molecule has 0 saturated carbocycles. The van der Waals surface area contributed by atoms with Crippen LogP contribution in [0.3, 0.4) is 0 Å². The highest BCUT2D eigenvalue weighted by atomic mass is 19.1. The van der Waals surface area contributed by atoms with Crippen LogP contribution in [0.2, 0.25) is 0 Å². The molecule has 1 aliphatic rings. The summed E-state index contributed by atoms with van der Waals surface area (Å²) in [6.45, 7) is 3.80. The van der Waals surface area contributed by atoms with Gasteiger partial charge in [0.15, 0.2) is 23.1 Å². The molecular weight excluding hydrogens is 327 g/mol. The van der Waals surface area contributed by atoms with E-state index in [1.165, 1.54) is 0 Å². The van der Waals surface area contributed by atoms with Crippen LogP contribution in [0.15, 0.2) is 24.4 Å². The number of tetrazole rings is 1. The number of benzene rings is 1. The average molecular weight is 342 g/mol. The van der Waals surface area contributed by atoms with E-state index in [0.29, 0.717) is 22.9 Å². The summed E-state index contributed by atoms with van der Waals surface area (Å²) in [4.78, 5) is 8.00. The lowest BCUT2D eigenvalue weighted by Crippen LogP contribution is -2.33. The molecule has 0 spiro atoms. The number of hydrogen-bond donors (Lipinski definition) is 2. The third kappa shape index (κ3) is 2.51. The van der Waals surface area contributed by atoms with Gasteiger partial charge in [0.05, 0.1) is 6.20 Å². The highest BCUT2D eigenvalue weighted by molar-refractivity contribution is 5.63. The van der Waals surface area contributed by atoms with E-state index in [9.17, 15) is 4.39 Å². The maximum atomic E-state index is 13.5. The highest BCUT2D eigenvalue weighted by Crippen LogP contribution is 2.38. The Bertz CT molecular complexity index is 954. The summed E-state index contributed by atoms with van der Waals surface area (Å²) in [5.41, 5.74) is 0.755. The molecule has 0 saturated heterocycles. The van der Waals surface area contributed by atoms with Crippen molar-refractivity contribution in [3.05, 3.63) is 36.0 Å². The van der Waals surface area contributed by atoms with Crippen LogP contribution < -0.4 is 15.4 Å². The van der Waals surface area contributed by atoms with E-state index in [0.717, 1.165) is 6.20 Å². The van der Waals surface area contributed by atoms with Gasteiger partial charge in [0.2, 0.25) is 5.95 Å². The van der Waals surface area contributed by atoms with Gasteiger partial charge in [-0.05, 0) is 42.5 Å². The van der Waals surface area contributed by atoms with Crippen molar-refractivity contribution in [3.8, 4) is 11.4 Å². The molecule has 3 aromatic rings. The first-order valence-electron chi connectivity index (χ1n) is 7.57. The van der Waals surface area contributed by atoms with Crippen molar-refractivity contribution < 1.29 is 9.13 Å². The van der Waals surface area contributed by atoms with Crippen molar-refractivity contribution >= 4 is 17.5 Å². The third-order valence-corrected chi connectivity index (χ3v) is 3.80. The lowest BCUT2D eigenvalue weighted by Gasteiger charge is -2.31. The van der Waals surface area contributed by atoms with Gasteiger partial charge in [0.25, 0.3) is 0 Å². The molecule has 128 valence electrons. The largest absolute Gasteiger partial charge is 0.478 e. The van der Waals surface area contributed by atoms with Crippen LogP contribution in [0, 0.1) is 5.82 Å². The van der Waals surface area contributed by atoms with E-state index < -0.39 is 11.4 Å². The van der Waals surface area contributed by atoms with Crippen molar-refractivity contribution in [2.45, 2.75) is 19.4 Å². The summed E-state index contributed by atoms with van der Waals surface area (Å²) in [6, 6.07) is 5.44. The molecule has 25 heavy (non-hydrogen) atoms. The molecule has 0 unspecified atom stereocenters. The lowest BCUT2D eigenvalue weighted by atomic mass is 10.1. The molecule has 4 rings (SSSR count). The predicted octanol–water partition coefficient (Wildman–Crippen LogP) is 2.00. The van der Waals surface area contributed by atoms with Crippen molar-refractivity contribution in [2.75, 3.05) is 17.7 Å². The predicted molar refractivity (Wildman–Crippen MR) is 87.6 cm³/mol. The van der Waals surface area contributed by atoms with Gasteiger partial charge < -0.3 is 15.4 Å². The molecule has 0 bridgehead atoms. The van der Waals surface area contributed by atoms with Crippen LogP contribution >= 0.6 is 0 Å². The molecule has 10 heteroatoms. The van der Waals surface area contributed by atoms with Gasteiger partial charge in [-0.3, -0.25) is 0 Å². The van der Waals surface area contributed by atoms with Crippen molar-refractivity contribution in [3.63, 3.8) is 0 Å². The topological polar surface area (TPSA) is 103 Å². The van der Waals surface area contributed by atoms with Crippen LogP contribution in [0.5, 0.6) is 5.75 Å². The Morgan fingerprint density at radius 3 is 2.92 bits per heavy atom. The second-order valence-corrected chi connectivity index (χ2v) is 5.97. The Morgan fingerprint density at radius 2 is 2.12 bits per heavy atom. The molecule has 0 fully saturated rings. The first kappa shape index (κ1) is 15.2. The highest BCUT2D eigenvalue weighted by Gasteiger charge is 2.36. The van der Waals surface area contributed by atoms with E-state index >= 15 is 0 Å². The minimum absolute atomic E-state index is 0.114. The minimum atomic E-state index is -0.632. The molecular formula is C15H15FN8O. The van der Waals surface area contributed by atoms with Crippen molar-refractivity contribution in [1.29, 1.82) is 0 Å². The standard InChI is InChI=1S/C15H15FN8O/c1-15(2)13-21-22-23-24(13)10-6-8(4-5-11(10)25-15)19-14-18-7-9(16)12(17-3)20-14/h4-7H,1-3H3,(H2,17,18,19,20). The number of rotatable bonds is 3. The average Bonchev–Trinajstić information content (AvgIpc) is 3.08. The van der Waals surface area contributed by atoms with Crippen LogP contribution in [0.4, 0.5) is 21.8 Å². The van der Waals surface area contributed by atoms with E-state index in [1.807, 2.05) is 32.0 Å². The Labute approximate surface area is 142 Å². The fourth-order valence-corrected chi connectivity index (χ4v) is 2.62. The van der Waals surface area contributed by atoms with E-state index in [2.05, 4.69) is 36.1 Å². The van der Waals surface area contributed by atoms with E-state index in [-0.39, 0.29) is 11.8 Å². The smallest absolute Gasteiger partial charge is 0.229 e. The van der Waals surface area contributed by atoms with Crippen LogP contribution in [-0.4, -0.2) is 37.2 Å². The summed E-state index contributed by atoms with van der Waals surface area (Å²) < 4.78 is 21.1. The summed E-state index contributed by atoms with van der Waals surface area (Å²) in [7, 11) is 1.59. The van der Waals surface area contributed by atoms with E-state index in [4.69, 9.17) is 4.74 Å². The normalized spacial score (nSPS) is 14.2. The maximum absolute atomic E-state index is 13.5. The second-order valence-electron chi connectivity index (χ2n) is 5.97. The Hall–Kier alpha value is -3.30. The van der Waals surface area contributed by atoms with E-state index in [1.54, 1.807) is 11.7 Å². The molecule has 2 N–H and O–H groups in total. The molecule has 9 nitrogen and oxygen atoms in total. The maximum Gasteiger partial charge on any atom is 0.229 e. The van der Waals surface area contributed by atoms with Gasteiger partial charge >= 0.3 is 0 Å². The zero-order valence-electron chi connectivity index (χ0n) is 13.8. The second kappa shape index (κ2) is 5.36. The van der Waals surface area contributed by atoms with Crippen molar-refractivity contribution in [2.24, 2.45) is 0 Å². The fourth-order valence-electron chi connectivity index (χ4n) is 2.62. The monoisotopic (exact) mass is 342 g/mol. The van der Waals surface area contributed by atoms with Gasteiger partial charge in [-0.1, -0.05) is 0 Å². The van der Waals surface area contributed by atoms with Gasteiger partial charge in [-0.25, -0.2) is 9.37 Å². The van der Waals surface area contributed by atoms with Crippen LogP contribution in [0.1, 0.15) is 19.7 Å². The summed E-state index contributed by atoms with van der Waals surface area (Å²) in [6.07, 6.45) is 1.10. The summed E-state index contributed by atoms with van der Waals surface area (Å²) >= 11 is 0. The third-order valence-electron chi connectivity index (χ3n) is 3.80. The molecule has 1 aromatic carbocycles. The molecule has 1 aliphatic heterocycles. The SMILES string of the molecule is CNc1nc(Nc2ccc3c(c2)-n2nnnc2C(C)(C)O3)ncc1F. The van der Waals surface area contributed by atoms with Gasteiger partial charge in [0.1, 0.15) is 11.4 Å². The number of fused-ring (bicyclic) bond motifs is 3. The van der Waals surface area contributed by atoms with Crippen LogP contribution in [0.25, 0.3) is 5.69 Å². The number of aromatic nitrogens is 6. The Balaban J connectivity index is 1.71. The molecule has 0 aliphatic carbocycles. The molecule has 0 radical (unpaired) electrons. The minimum Gasteiger partial charge on any atom is -0.478 e. The van der Waals surface area contributed by atoms with Gasteiger partial charge in [0, 0.05) is 12.7 Å². The zero-order chi connectivity index (χ0) is 17.6. The Kier molecular flexibility index (Phi) is 3.27. The zero-order valence-corrected chi connectivity index (χ0v) is 13.8. The number of halogens is 1. The fraction of sp³-hybridized carbons (Fsp3) is 0.267. The number of nitrogens with zero attached hydrogens (tertiary/aromatic N) is 6. The summed E-state index contributed by atoms with van der Waals surface area (Å²) in [5.74, 6) is 1.12. The molecule has 2 aromatic heterocycles. The molecule has 0 amide bonds. The van der Waals surface area contributed by atoms with Crippen molar-refractivity contribution in [1.82, 2.24) is 30.2 Å². The number of anilines is 3. The lowest BCUT2D eigenvalue weighted by molar-refractivity contribution is 0.0854. The first-order chi connectivity index (χ1) is 12.0. The number of nitrogens with one attached hydrogen (secondary N) is 2. The van der Waals surface area contributed by atoms with Crippen LogP contribution in [-0.2, 0) is 5.60 Å². The molecule has 3 heterocycles. The number of ether oxygens (including phenoxy) is 1. The van der Waals surface area contributed by atoms with Gasteiger partial charge in [-0.15, -0.1) is 5.10 Å².